The van der Waals surface area contributed by atoms with Gasteiger partial charge in [-0.05, 0) is 42.9 Å². The van der Waals surface area contributed by atoms with Gasteiger partial charge in [0.15, 0.2) is 11.5 Å². The first kappa shape index (κ1) is 18.9. The fraction of sp³-hybridized carbons (Fsp3) is 0.476. The van der Waals surface area contributed by atoms with Crippen molar-refractivity contribution < 1.29 is 19.0 Å². The Kier molecular flexibility index (Phi) is 5.10. The van der Waals surface area contributed by atoms with Crippen LogP contribution < -0.4 is 24.8 Å². The molecule has 0 unspecified atom stereocenters. The molecule has 1 aliphatic carbocycles. The third-order valence-corrected chi connectivity index (χ3v) is 6.93. The fourth-order valence-corrected chi connectivity index (χ4v) is 5.54. The van der Waals surface area contributed by atoms with Gasteiger partial charge in [-0.1, -0.05) is 13.3 Å². The predicted molar refractivity (Wildman–Crippen MR) is 110 cm³/mol. The summed E-state index contributed by atoms with van der Waals surface area (Å²) in [6.07, 6.45) is 4.07. The highest BCUT2D eigenvalue weighted by molar-refractivity contribution is 7.16. The summed E-state index contributed by atoms with van der Waals surface area (Å²) >= 11 is 1.73. The van der Waals surface area contributed by atoms with E-state index in [4.69, 9.17) is 14.2 Å². The van der Waals surface area contributed by atoms with Crippen LogP contribution in [0.15, 0.2) is 12.1 Å². The van der Waals surface area contributed by atoms with Crippen LogP contribution in [-0.2, 0) is 12.8 Å². The van der Waals surface area contributed by atoms with Gasteiger partial charge in [-0.15, -0.1) is 11.3 Å². The maximum absolute atomic E-state index is 13.0. The molecule has 0 saturated carbocycles. The molecule has 2 aromatic rings. The number of anilines is 1. The summed E-state index contributed by atoms with van der Waals surface area (Å²) in [4.78, 5) is 14.3. The minimum absolute atomic E-state index is 0.0139. The Balaban J connectivity index is 1.69. The molecule has 150 valence electrons. The molecule has 2 atom stereocenters. The standard InChI is InChI=1S/C21H26N2O4S/c1-5-11-6-7-13-16(8-11)28-21-17(13)20(24)22-19(23-21)12-9-14(25-2)18(27-4)15(10-12)26-3/h9-11,19,23H,5-8H2,1-4H3,(H,22,24)/t11-,19+/m0/s1. The van der Waals surface area contributed by atoms with Crippen LogP contribution in [0.2, 0.25) is 0 Å². The van der Waals surface area contributed by atoms with E-state index in [1.54, 1.807) is 32.7 Å². The number of amides is 1. The normalized spacial score (nSPS) is 20.5. The molecule has 28 heavy (non-hydrogen) atoms. The number of rotatable bonds is 5. The molecule has 1 aromatic carbocycles. The Labute approximate surface area is 169 Å². The summed E-state index contributed by atoms with van der Waals surface area (Å²) in [6, 6.07) is 3.73. The molecule has 2 aliphatic rings. The fourth-order valence-electron chi connectivity index (χ4n) is 4.15. The van der Waals surface area contributed by atoms with Gasteiger partial charge in [0.25, 0.3) is 5.91 Å². The molecule has 4 rings (SSSR count). The molecule has 0 radical (unpaired) electrons. The third kappa shape index (κ3) is 3.07. The Morgan fingerprint density at radius 1 is 1.11 bits per heavy atom. The maximum atomic E-state index is 13.0. The molecule has 2 heterocycles. The van der Waals surface area contributed by atoms with Gasteiger partial charge in [0.2, 0.25) is 5.75 Å². The summed E-state index contributed by atoms with van der Waals surface area (Å²) in [5.41, 5.74) is 2.92. The number of fused-ring (bicyclic) bond motifs is 3. The Hall–Kier alpha value is -2.41. The molecule has 0 saturated heterocycles. The minimum Gasteiger partial charge on any atom is -0.493 e. The molecular weight excluding hydrogens is 376 g/mol. The molecule has 0 spiro atoms. The lowest BCUT2D eigenvalue weighted by molar-refractivity contribution is 0.0935. The van der Waals surface area contributed by atoms with E-state index < -0.39 is 0 Å². The van der Waals surface area contributed by atoms with Gasteiger partial charge in [-0.25, -0.2) is 0 Å². The number of hydrogen-bond donors (Lipinski definition) is 2. The van der Waals surface area contributed by atoms with Crippen molar-refractivity contribution in [3.63, 3.8) is 0 Å². The van der Waals surface area contributed by atoms with Gasteiger partial charge in [0.1, 0.15) is 11.2 Å². The van der Waals surface area contributed by atoms with E-state index >= 15 is 0 Å². The van der Waals surface area contributed by atoms with Crippen molar-refractivity contribution in [3.05, 3.63) is 33.7 Å². The average Bonchev–Trinajstić information content (AvgIpc) is 3.10. The SMILES string of the molecule is CC[C@H]1CCc2c(sc3c2C(=O)N[C@@H](c2cc(OC)c(OC)c(OC)c2)N3)C1. The number of thiophene rings is 1. The third-order valence-electron chi connectivity index (χ3n) is 5.74. The minimum atomic E-state index is -0.351. The first-order chi connectivity index (χ1) is 13.6. The monoisotopic (exact) mass is 402 g/mol. The van der Waals surface area contributed by atoms with Gasteiger partial charge in [-0.2, -0.15) is 0 Å². The van der Waals surface area contributed by atoms with Crippen LogP contribution in [-0.4, -0.2) is 27.2 Å². The smallest absolute Gasteiger partial charge is 0.256 e. The topological polar surface area (TPSA) is 68.8 Å². The van der Waals surface area contributed by atoms with Crippen molar-refractivity contribution in [1.29, 1.82) is 0 Å². The lowest BCUT2D eigenvalue weighted by Gasteiger charge is -2.28. The van der Waals surface area contributed by atoms with Gasteiger partial charge < -0.3 is 24.8 Å². The quantitative estimate of drug-likeness (QED) is 0.787. The molecular formula is C21H26N2O4S. The highest BCUT2D eigenvalue weighted by atomic mass is 32.1. The van der Waals surface area contributed by atoms with E-state index in [0.29, 0.717) is 17.2 Å². The number of nitrogens with one attached hydrogen (secondary N) is 2. The van der Waals surface area contributed by atoms with Crippen LogP contribution in [0, 0.1) is 5.92 Å². The Morgan fingerprint density at radius 3 is 2.43 bits per heavy atom. The van der Waals surface area contributed by atoms with E-state index in [-0.39, 0.29) is 12.1 Å². The van der Waals surface area contributed by atoms with Crippen LogP contribution in [0.25, 0.3) is 0 Å². The highest BCUT2D eigenvalue weighted by Gasteiger charge is 2.34. The molecule has 7 heteroatoms. The lowest BCUT2D eigenvalue weighted by Crippen LogP contribution is -2.38. The zero-order valence-corrected chi connectivity index (χ0v) is 17.5. The molecule has 6 nitrogen and oxygen atoms in total. The number of ether oxygens (including phenoxy) is 3. The zero-order valence-electron chi connectivity index (χ0n) is 16.7. The van der Waals surface area contributed by atoms with E-state index in [2.05, 4.69) is 17.6 Å². The molecule has 0 fully saturated rings. The Bertz CT molecular complexity index is 883. The van der Waals surface area contributed by atoms with Crippen molar-refractivity contribution in [2.75, 3.05) is 26.6 Å². The molecule has 1 amide bonds. The predicted octanol–water partition coefficient (Wildman–Crippen LogP) is 4.14. The average molecular weight is 403 g/mol. The van der Waals surface area contributed by atoms with Gasteiger partial charge in [0.05, 0.1) is 26.9 Å². The zero-order chi connectivity index (χ0) is 19.8. The molecule has 1 aromatic heterocycles. The van der Waals surface area contributed by atoms with Crippen molar-refractivity contribution in [3.8, 4) is 17.2 Å². The summed E-state index contributed by atoms with van der Waals surface area (Å²) < 4.78 is 16.3. The van der Waals surface area contributed by atoms with Gasteiger partial charge >= 0.3 is 0 Å². The first-order valence-electron chi connectivity index (χ1n) is 9.61. The summed E-state index contributed by atoms with van der Waals surface area (Å²) in [6.45, 7) is 2.24. The second-order valence-electron chi connectivity index (χ2n) is 7.23. The highest BCUT2D eigenvalue weighted by Crippen LogP contribution is 2.45. The van der Waals surface area contributed by atoms with E-state index in [1.165, 1.54) is 16.9 Å². The Morgan fingerprint density at radius 2 is 1.82 bits per heavy atom. The van der Waals surface area contributed by atoms with Crippen molar-refractivity contribution in [1.82, 2.24) is 5.32 Å². The summed E-state index contributed by atoms with van der Waals surface area (Å²) in [7, 11) is 4.75. The van der Waals surface area contributed by atoms with Crippen LogP contribution in [0.4, 0.5) is 5.00 Å². The number of benzene rings is 1. The van der Waals surface area contributed by atoms with Gasteiger partial charge in [-0.3, -0.25) is 4.79 Å². The van der Waals surface area contributed by atoms with Crippen molar-refractivity contribution in [2.24, 2.45) is 5.92 Å². The van der Waals surface area contributed by atoms with Crippen LogP contribution >= 0.6 is 11.3 Å². The lowest BCUT2D eigenvalue weighted by atomic mass is 9.85. The van der Waals surface area contributed by atoms with Crippen LogP contribution in [0.1, 0.15) is 52.3 Å². The first-order valence-corrected chi connectivity index (χ1v) is 10.4. The second kappa shape index (κ2) is 7.54. The van der Waals surface area contributed by atoms with Gasteiger partial charge in [0, 0.05) is 10.4 Å². The van der Waals surface area contributed by atoms with Crippen molar-refractivity contribution in [2.45, 2.75) is 38.8 Å². The number of methoxy groups -OCH3 is 3. The number of carbonyl (C=O) groups excluding carboxylic acids is 1. The summed E-state index contributed by atoms with van der Waals surface area (Å²) in [5, 5.41) is 7.57. The molecule has 1 aliphatic heterocycles. The molecule has 0 bridgehead atoms. The van der Waals surface area contributed by atoms with Crippen LogP contribution in [0.3, 0.4) is 0 Å². The van der Waals surface area contributed by atoms with E-state index in [0.717, 1.165) is 41.3 Å². The summed E-state index contributed by atoms with van der Waals surface area (Å²) in [5.74, 6) is 2.38. The van der Waals surface area contributed by atoms with Crippen molar-refractivity contribution >= 4 is 22.2 Å². The maximum Gasteiger partial charge on any atom is 0.256 e. The van der Waals surface area contributed by atoms with Crippen LogP contribution in [0.5, 0.6) is 17.2 Å². The largest absolute Gasteiger partial charge is 0.493 e. The number of carbonyl (C=O) groups is 1. The molecule has 2 N–H and O–H groups in total. The van der Waals surface area contributed by atoms with E-state index in [1.807, 2.05) is 12.1 Å². The van der Waals surface area contributed by atoms with E-state index in [9.17, 15) is 4.79 Å². The number of hydrogen-bond acceptors (Lipinski definition) is 6. The second-order valence-corrected chi connectivity index (χ2v) is 8.34.